The van der Waals surface area contributed by atoms with Crippen LogP contribution in [0.5, 0.6) is 0 Å². The van der Waals surface area contributed by atoms with Crippen LogP contribution in [0.1, 0.15) is 33.4 Å². The standard InChI is InChI=1S/C22H23N7O4S.ClH/c1-14(30)27-22-28-19(11-6-15-2-7-17(8-3-15)25-13-26-23)20(34-22)21(31)24-12-16-4-9-18(10-5-16)29(32)33;/h2-5,7-10,13H,6,11-12,23H2,1H3,(H,24,31)(H,25,26)(H,27,28,30);1H. The molecule has 0 fully saturated rings. The zero-order valence-electron chi connectivity index (χ0n) is 18.7. The van der Waals surface area contributed by atoms with Gasteiger partial charge in [-0.1, -0.05) is 35.6 Å². The molecule has 1 aromatic heterocycles. The molecule has 0 atom stereocenters. The number of nitrogens with one attached hydrogen (secondary N) is 3. The van der Waals surface area contributed by atoms with Gasteiger partial charge in [-0.3, -0.25) is 19.7 Å². The van der Waals surface area contributed by atoms with Crippen molar-refractivity contribution in [2.45, 2.75) is 26.3 Å². The van der Waals surface area contributed by atoms with Crippen molar-refractivity contribution < 1.29 is 14.5 Å². The summed E-state index contributed by atoms with van der Waals surface area (Å²) in [6.45, 7) is 1.57. The summed E-state index contributed by atoms with van der Waals surface area (Å²) in [4.78, 5) is 39.5. The number of nitrogens with two attached hydrogens (primary N) is 1. The van der Waals surface area contributed by atoms with Crippen LogP contribution in [0.3, 0.4) is 0 Å². The normalized spacial score (nSPS) is 10.4. The lowest BCUT2D eigenvalue weighted by Crippen LogP contribution is -2.23. The van der Waals surface area contributed by atoms with Crippen LogP contribution in [-0.2, 0) is 24.2 Å². The van der Waals surface area contributed by atoms with Gasteiger partial charge in [-0.2, -0.15) is 5.10 Å². The van der Waals surface area contributed by atoms with Crippen molar-refractivity contribution in [3.05, 3.63) is 80.3 Å². The van der Waals surface area contributed by atoms with E-state index >= 15 is 0 Å². The quantitative estimate of drug-likeness (QED) is 0.105. The van der Waals surface area contributed by atoms with Crippen molar-refractivity contribution in [3.63, 3.8) is 0 Å². The number of benzene rings is 2. The number of nitro benzene ring substituents is 1. The van der Waals surface area contributed by atoms with Crippen LogP contribution in [0, 0.1) is 10.1 Å². The van der Waals surface area contributed by atoms with E-state index in [1.54, 1.807) is 12.1 Å². The predicted molar refractivity (Wildman–Crippen MR) is 138 cm³/mol. The fraction of sp³-hybridized carbons (Fsp3) is 0.182. The third-order valence-electron chi connectivity index (χ3n) is 4.70. The second kappa shape index (κ2) is 13.0. The van der Waals surface area contributed by atoms with Crippen LogP contribution >= 0.6 is 23.7 Å². The van der Waals surface area contributed by atoms with Gasteiger partial charge in [-0.25, -0.2) is 4.98 Å². The average molecular weight is 518 g/mol. The van der Waals surface area contributed by atoms with E-state index < -0.39 is 4.92 Å². The molecule has 0 bridgehead atoms. The Morgan fingerprint density at radius 3 is 2.37 bits per heavy atom. The van der Waals surface area contributed by atoms with E-state index in [1.165, 1.54) is 25.4 Å². The molecule has 2 amide bonds. The summed E-state index contributed by atoms with van der Waals surface area (Å²) in [6.07, 6.45) is 2.51. The molecule has 1 heterocycles. The average Bonchev–Trinajstić information content (AvgIpc) is 3.22. The Hall–Kier alpha value is -4.03. The van der Waals surface area contributed by atoms with Gasteiger partial charge in [0.25, 0.3) is 11.6 Å². The van der Waals surface area contributed by atoms with Crippen LogP contribution in [0.4, 0.5) is 16.5 Å². The van der Waals surface area contributed by atoms with Gasteiger partial charge in [0, 0.05) is 31.3 Å². The molecular weight excluding hydrogens is 494 g/mol. The number of nitrogens with zero attached hydrogens (tertiary/aromatic N) is 3. The van der Waals surface area contributed by atoms with Crippen LogP contribution in [-0.4, -0.2) is 28.1 Å². The maximum absolute atomic E-state index is 12.9. The fourth-order valence-corrected chi connectivity index (χ4v) is 4.02. The van der Waals surface area contributed by atoms with Gasteiger partial charge >= 0.3 is 0 Å². The summed E-state index contributed by atoms with van der Waals surface area (Å²) in [7, 11) is 0. The molecule has 3 rings (SSSR count). The molecule has 5 N–H and O–H groups in total. The van der Waals surface area contributed by atoms with E-state index in [-0.39, 0.29) is 36.5 Å². The van der Waals surface area contributed by atoms with Gasteiger partial charge in [0.05, 0.1) is 10.6 Å². The van der Waals surface area contributed by atoms with Crippen molar-refractivity contribution in [2.24, 2.45) is 10.9 Å². The number of amides is 2. The monoisotopic (exact) mass is 517 g/mol. The predicted octanol–water partition coefficient (Wildman–Crippen LogP) is 3.46. The highest BCUT2D eigenvalue weighted by molar-refractivity contribution is 7.17. The number of hydrogen-bond acceptors (Lipinski definition) is 8. The smallest absolute Gasteiger partial charge is 0.269 e. The van der Waals surface area contributed by atoms with Crippen molar-refractivity contribution in [1.29, 1.82) is 0 Å². The van der Waals surface area contributed by atoms with E-state index in [0.29, 0.717) is 28.5 Å². The lowest BCUT2D eigenvalue weighted by Gasteiger charge is -2.06. The van der Waals surface area contributed by atoms with Gasteiger partial charge in [0.1, 0.15) is 11.2 Å². The number of anilines is 2. The van der Waals surface area contributed by atoms with Gasteiger partial charge in [-0.05, 0) is 36.1 Å². The van der Waals surface area contributed by atoms with Crippen LogP contribution < -0.4 is 21.8 Å². The Bertz CT molecular complexity index is 1200. The first-order chi connectivity index (χ1) is 16.4. The summed E-state index contributed by atoms with van der Waals surface area (Å²) in [6, 6.07) is 13.6. The minimum Gasteiger partial charge on any atom is -0.347 e. The number of hydrazone groups is 1. The minimum absolute atomic E-state index is 0. The molecule has 0 aliphatic carbocycles. The third kappa shape index (κ3) is 8.05. The summed E-state index contributed by atoms with van der Waals surface area (Å²) in [5.74, 6) is 4.47. The number of halogens is 1. The molecule has 35 heavy (non-hydrogen) atoms. The van der Waals surface area contributed by atoms with Gasteiger partial charge in [0.15, 0.2) is 5.13 Å². The minimum atomic E-state index is -0.478. The topological polar surface area (TPSA) is 165 Å². The number of non-ortho nitro benzene ring substituents is 1. The Labute approximate surface area is 211 Å². The summed E-state index contributed by atoms with van der Waals surface area (Å²) in [5.41, 5.74) is 3.16. The molecule has 0 saturated carbocycles. The number of aryl methyl sites for hydroxylation is 2. The van der Waals surface area contributed by atoms with E-state index in [4.69, 9.17) is 5.84 Å². The summed E-state index contributed by atoms with van der Waals surface area (Å²) in [5, 5.41) is 22.9. The second-order valence-electron chi connectivity index (χ2n) is 7.20. The van der Waals surface area contributed by atoms with Crippen molar-refractivity contribution in [2.75, 3.05) is 10.6 Å². The highest BCUT2D eigenvalue weighted by atomic mass is 35.5. The van der Waals surface area contributed by atoms with Crippen molar-refractivity contribution in [3.8, 4) is 0 Å². The van der Waals surface area contributed by atoms with E-state index in [2.05, 4.69) is 26.0 Å². The molecule has 13 heteroatoms. The molecule has 2 aromatic carbocycles. The van der Waals surface area contributed by atoms with Crippen molar-refractivity contribution >= 4 is 58.4 Å². The molecule has 0 radical (unpaired) electrons. The first kappa shape index (κ1) is 27.2. The molecule has 0 saturated heterocycles. The highest BCUT2D eigenvalue weighted by Gasteiger charge is 2.19. The number of rotatable bonds is 10. The van der Waals surface area contributed by atoms with Gasteiger partial charge in [-0.15, -0.1) is 12.4 Å². The number of carbonyl (C=O) groups excluding carboxylic acids is 2. The molecule has 184 valence electrons. The Balaban J connectivity index is 0.00000432. The lowest BCUT2D eigenvalue weighted by atomic mass is 10.1. The lowest BCUT2D eigenvalue weighted by molar-refractivity contribution is -0.384. The highest BCUT2D eigenvalue weighted by Crippen LogP contribution is 2.25. The summed E-state index contributed by atoms with van der Waals surface area (Å²) >= 11 is 1.10. The third-order valence-corrected chi connectivity index (χ3v) is 5.71. The molecule has 0 aliphatic heterocycles. The zero-order chi connectivity index (χ0) is 24.5. The van der Waals surface area contributed by atoms with E-state index in [9.17, 15) is 19.7 Å². The molecule has 3 aromatic rings. The van der Waals surface area contributed by atoms with E-state index in [1.807, 2.05) is 24.3 Å². The first-order valence-corrected chi connectivity index (χ1v) is 11.0. The molecule has 0 unspecified atom stereocenters. The Kier molecular flexibility index (Phi) is 10.1. The van der Waals surface area contributed by atoms with Gasteiger partial charge < -0.3 is 21.8 Å². The zero-order valence-corrected chi connectivity index (χ0v) is 20.3. The summed E-state index contributed by atoms with van der Waals surface area (Å²) < 4.78 is 0. The Morgan fingerprint density at radius 2 is 1.77 bits per heavy atom. The van der Waals surface area contributed by atoms with Crippen LogP contribution in [0.15, 0.2) is 53.6 Å². The van der Waals surface area contributed by atoms with Crippen LogP contribution in [0.25, 0.3) is 0 Å². The number of hydrogen-bond donors (Lipinski definition) is 4. The number of aromatic nitrogens is 1. The van der Waals surface area contributed by atoms with E-state index in [0.717, 1.165) is 28.2 Å². The number of nitro groups is 1. The molecule has 11 nitrogen and oxygen atoms in total. The molecule has 0 aliphatic rings. The molecular formula is C22H24ClN7O4S. The van der Waals surface area contributed by atoms with Gasteiger partial charge in [0.2, 0.25) is 5.91 Å². The number of thiazole rings is 1. The fourth-order valence-electron chi connectivity index (χ4n) is 3.04. The maximum Gasteiger partial charge on any atom is 0.269 e. The van der Waals surface area contributed by atoms with Crippen molar-refractivity contribution in [1.82, 2.24) is 10.3 Å². The largest absolute Gasteiger partial charge is 0.347 e. The van der Waals surface area contributed by atoms with Crippen LogP contribution in [0.2, 0.25) is 0 Å². The molecule has 0 spiro atoms. The maximum atomic E-state index is 12.9. The Morgan fingerprint density at radius 1 is 1.11 bits per heavy atom. The first-order valence-electron chi connectivity index (χ1n) is 10.2. The number of carbonyl (C=O) groups is 2. The SMILES string of the molecule is CC(=O)Nc1nc(CCc2ccc(NC=NN)cc2)c(C(=O)NCc2ccc([N+](=O)[O-])cc2)s1.Cl. The second-order valence-corrected chi connectivity index (χ2v) is 8.20.